The molecule has 3 aliphatic heterocycles. The number of methoxy groups -OCH3 is 1. The van der Waals surface area contributed by atoms with E-state index >= 15 is 0 Å². The molecule has 0 spiro atoms. The molecule has 0 saturated heterocycles. The van der Waals surface area contributed by atoms with Gasteiger partial charge in [0.05, 0.1) is 61.7 Å². The molecule has 3 aliphatic rings. The number of aromatic hydroxyl groups is 2. The lowest BCUT2D eigenvalue weighted by Gasteiger charge is -2.44. The second-order valence-electron chi connectivity index (χ2n) is 18.9. The van der Waals surface area contributed by atoms with Crippen LogP contribution in [0.25, 0.3) is 16.9 Å². The molecule has 0 radical (unpaired) electrons. The molecule has 4 heterocycles. The molecule has 0 fully saturated rings. The number of rotatable bonds is 25. The first-order chi connectivity index (χ1) is 35.8. The van der Waals surface area contributed by atoms with Crippen molar-refractivity contribution < 1.29 is 68.9 Å². The molecule has 75 heavy (non-hydrogen) atoms. The Labute approximate surface area is 439 Å². The first-order valence-electron chi connectivity index (χ1n) is 24.6. The van der Waals surface area contributed by atoms with E-state index in [9.17, 15) is 36.4 Å². The Bertz CT molecular complexity index is 3170. The van der Waals surface area contributed by atoms with Crippen LogP contribution in [0.1, 0.15) is 75.6 Å². The van der Waals surface area contributed by atoms with Gasteiger partial charge in [0, 0.05) is 84.8 Å². The van der Waals surface area contributed by atoms with Crippen LogP contribution in [-0.2, 0) is 48.8 Å². The summed E-state index contributed by atoms with van der Waals surface area (Å²) in [6, 6.07) is 20.8. The van der Waals surface area contributed by atoms with E-state index < -0.39 is 43.4 Å². The zero-order valence-electron chi connectivity index (χ0n) is 43.1. The van der Waals surface area contributed by atoms with Gasteiger partial charge in [-0.05, 0) is 76.0 Å². The Morgan fingerprint density at radius 3 is 2.21 bits per heavy atom. The fourth-order valence-corrected chi connectivity index (χ4v) is 10.8. The van der Waals surface area contributed by atoms with Crippen molar-refractivity contribution >= 4 is 60.2 Å². The highest BCUT2D eigenvalue weighted by Crippen LogP contribution is 2.47. The van der Waals surface area contributed by atoms with Crippen LogP contribution in [-0.4, -0.2) is 124 Å². The number of nitrogens with zero attached hydrogens (tertiary/aromatic N) is 3. The predicted molar refractivity (Wildman–Crippen MR) is 287 cm³/mol. The maximum atomic E-state index is 12.9. The lowest BCUT2D eigenvalue weighted by Crippen LogP contribution is -2.46. The monoisotopic (exact) mass is 1070 g/mol. The fraction of sp³-hybridized carbons (Fsp3) is 0.357. The maximum Gasteiger partial charge on any atom is 0.333 e. The number of fused-ring (bicyclic) bond motifs is 3. The van der Waals surface area contributed by atoms with Crippen molar-refractivity contribution in [1.29, 1.82) is 0 Å². The summed E-state index contributed by atoms with van der Waals surface area (Å²) in [5, 5.41) is 20.0. The number of anilines is 1. The topological polar surface area (TPSA) is 213 Å². The number of hydrogen-bond acceptors (Lipinski definition) is 14. The molecule has 3 aromatic carbocycles. The molecule has 400 valence electrons. The number of allylic oxidation sites excluding steroid dienone is 10. The lowest BCUT2D eigenvalue weighted by atomic mass is 9.75. The van der Waals surface area contributed by atoms with Crippen molar-refractivity contribution in [3.8, 4) is 17.5 Å². The van der Waals surface area contributed by atoms with E-state index in [0.717, 1.165) is 46.4 Å². The summed E-state index contributed by atoms with van der Waals surface area (Å²) in [7, 11) is -5.70. The summed E-state index contributed by atoms with van der Waals surface area (Å²) >= 11 is 0. The van der Waals surface area contributed by atoms with Gasteiger partial charge in [-0.1, -0.05) is 72.9 Å². The van der Waals surface area contributed by atoms with Crippen LogP contribution >= 0.6 is 0 Å². The molecule has 0 bridgehead atoms. The summed E-state index contributed by atoms with van der Waals surface area (Å²) in [4.78, 5) is 20.1. The quantitative estimate of drug-likeness (QED) is 0.0187. The molecular formula is C56H66N3O14S2+. The van der Waals surface area contributed by atoms with Crippen molar-refractivity contribution in [2.75, 3.05) is 71.0 Å². The van der Waals surface area contributed by atoms with Gasteiger partial charge in [0.2, 0.25) is 17.4 Å². The fourth-order valence-electron chi connectivity index (χ4n) is 9.60. The van der Waals surface area contributed by atoms with Crippen LogP contribution in [0.5, 0.6) is 17.5 Å². The van der Waals surface area contributed by atoms with Crippen LogP contribution in [0.3, 0.4) is 0 Å². The molecule has 1 atom stereocenters. The molecule has 0 saturated carbocycles. The normalized spacial score (nSPS) is 17.9. The minimum Gasteiger partial charge on any atom is -0.492 e. The standard InChI is InChI=1S/C56H65N3O14S2/c1-40-39-55(2,3)58(28-29-70-32-33-71-31-30-68-5)48-38-50-45(37-44(40)48)42(35-49(72-50)41-17-12-10-13-18-41)19-11-8-7-9-14-20-51-56(4,26-15-21-54(62)73-59-52(60)24-25-53(59)61)46-36-43(75(65,66)67)22-23-47(46)57(51)27-16-34-74(63,64)69-6/h7-14,17-20,22-25,35-39H,15-16,21,26-34H2,1-6H3,(H2-,60,61,65,66,67)/p+1. The van der Waals surface area contributed by atoms with E-state index in [1.165, 1.54) is 24.3 Å². The highest BCUT2D eigenvalue weighted by molar-refractivity contribution is 7.86. The van der Waals surface area contributed by atoms with Crippen LogP contribution in [0.15, 0.2) is 132 Å². The Balaban J connectivity index is 1.17. The van der Waals surface area contributed by atoms with Crippen LogP contribution in [0.2, 0.25) is 0 Å². The minimum atomic E-state index is -4.63. The Hall–Kier alpha value is -6.58. The maximum absolute atomic E-state index is 12.9. The third kappa shape index (κ3) is 13.6. The van der Waals surface area contributed by atoms with E-state index in [4.69, 9.17) is 28.0 Å². The van der Waals surface area contributed by atoms with Crippen LogP contribution < -0.4 is 14.5 Å². The molecule has 0 aliphatic carbocycles. The molecule has 0 amide bonds. The number of benzene rings is 3. The lowest BCUT2D eigenvalue weighted by molar-refractivity contribution is -0.437. The van der Waals surface area contributed by atoms with Crippen LogP contribution in [0.4, 0.5) is 11.4 Å². The molecule has 3 N–H and O–H groups in total. The third-order valence-corrected chi connectivity index (χ3v) is 15.4. The largest absolute Gasteiger partial charge is 0.492 e. The van der Waals surface area contributed by atoms with Crippen molar-refractivity contribution in [3.63, 3.8) is 0 Å². The number of aromatic nitrogens is 1. The molecule has 1 aromatic heterocycles. The van der Waals surface area contributed by atoms with Gasteiger partial charge in [-0.3, -0.25) is 8.74 Å². The Kier molecular flexibility index (Phi) is 18.3. The molecule has 7 rings (SSSR count). The van der Waals surface area contributed by atoms with Gasteiger partial charge < -0.3 is 38.9 Å². The first-order valence-corrected chi connectivity index (χ1v) is 27.6. The summed E-state index contributed by atoms with van der Waals surface area (Å²) in [6.45, 7) is 11.8. The van der Waals surface area contributed by atoms with Crippen molar-refractivity contribution in [2.45, 2.75) is 69.2 Å². The van der Waals surface area contributed by atoms with Gasteiger partial charge in [0.25, 0.3) is 20.2 Å². The van der Waals surface area contributed by atoms with Crippen molar-refractivity contribution in [2.24, 2.45) is 0 Å². The molecule has 4 aromatic rings. The van der Waals surface area contributed by atoms with Gasteiger partial charge in [0.1, 0.15) is 18.1 Å². The summed E-state index contributed by atoms with van der Waals surface area (Å²) in [5.74, 6) is -0.550. The molecule has 19 heteroatoms. The first kappa shape index (κ1) is 56.2. The van der Waals surface area contributed by atoms with E-state index in [0.29, 0.717) is 67.0 Å². The zero-order chi connectivity index (χ0) is 54.0. The average molecular weight is 1070 g/mol. The zero-order valence-corrected chi connectivity index (χ0v) is 44.7. The van der Waals surface area contributed by atoms with Crippen molar-refractivity contribution in [3.05, 3.63) is 150 Å². The molecule has 17 nitrogen and oxygen atoms in total. The number of carbonyl (C=O) groups excluding carboxylic acids is 1. The molecular weight excluding hydrogens is 1000 g/mol. The smallest absolute Gasteiger partial charge is 0.333 e. The highest BCUT2D eigenvalue weighted by Gasteiger charge is 2.48. The van der Waals surface area contributed by atoms with Gasteiger partial charge in [-0.2, -0.15) is 21.4 Å². The summed E-state index contributed by atoms with van der Waals surface area (Å²) in [5.41, 5.74) is 6.60. The van der Waals surface area contributed by atoms with E-state index in [2.05, 4.69) is 43.9 Å². The van der Waals surface area contributed by atoms with Crippen LogP contribution in [0, 0.1) is 0 Å². The average Bonchev–Trinajstić information content (AvgIpc) is 3.83. The number of carbonyl (C=O) groups is 1. The third-order valence-electron chi connectivity index (χ3n) is 13.3. The molecule has 1 unspecified atom stereocenters. The number of hydrogen-bond donors (Lipinski definition) is 3. The summed E-state index contributed by atoms with van der Waals surface area (Å²) < 4.78 is 90.3. The minimum absolute atomic E-state index is 0.150. The van der Waals surface area contributed by atoms with Gasteiger partial charge >= 0.3 is 5.97 Å². The van der Waals surface area contributed by atoms with Gasteiger partial charge in [-0.25, -0.2) is 4.79 Å². The number of ether oxygens (including phenoxy) is 4. The second kappa shape index (κ2) is 24.4. The van der Waals surface area contributed by atoms with E-state index in [-0.39, 0.29) is 48.4 Å². The highest BCUT2D eigenvalue weighted by atomic mass is 32.2. The van der Waals surface area contributed by atoms with Gasteiger partial charge in [-0.15, -0.1) is 4.73 Å². The SMILES string of the molecule is COCCOCCOCCN1c2cc3c(cc2C(C)=CC1(C)C)C(=CC=CC=CC=CC1=[N+](CCCS(=O)(=O)OC)c2ccc(S(=O)(=O)O)cc2C1(C)CCCC(=O)On1c(O)ccc1O)C=C(c1ccccc1)O3. The summed E-state index contributed by atoms with van der Waals surface area (Å²) in [6.07, 6.45) is 18.0. The van der Waals surface area contributed by atoms with E-state index in [1.54, 1.807) is 13.2 Å². The predicted octanol–water partition coefficient (Wildman–Crippen LogP) is 8.56. The second-order valence-corrected chi connectivity index (χ2v) is 22.2. The van der Waals surface area contributed by atoms with Crippen molar-refractivity contribution in [1.82, 2.24) is 4.73 Å². The van der Waals surface area contributed by atoms with E-state index in [1.807, 2.05) is 90.4 Å². The van der Waals surface area contributed by atoms with Gasteiger partial charge in [0.15, 0.2) is 5.71 Å². The Morgan fingerprint density at radius 2 is 1.51 bits per heavy atom. The Morgan fingerprint density at radius 1 is 0.813 bits per heavy atom.